The average Bonchev–Trinajstić information content (AvgIpc) is 0.814. The minimum Gasteiger partial charge on any atom is -0.456 e. The highest BCUT2D eigenvalue weighted by molar-refractivity contribution is 6.24. The van der Waals surface area contributed by atoms with Crippen molar-refractivity contribution in [3.8, 4) is 67.2 Å². The van der Waals surface area contributed by atoms with E-state index in [1.54, 1.807) is 0 Å². The normalized spacial score (nSPS) is 12.5. The monoisotopic (exact) mass is 1680 g/mol. The van der Waals surface area contributed by atoms with Crippen LogP contribution in [0.15, 0.2) is 432 Å². The lowest BCUT2D eigenvalue weighted by Gasteiger charge is -2.33. The molecule has 12 heteroatoms. The van der Waals surface area contributed by atoms with E-state index in [0.717, 1.165) is 166 Å². The first-order chi connectivity index (χ1) is 65.5. The first kappa shape index (κ1) is 73.2. The number of anilines is 9. The van der Waals surface area contributed by atoms with E-state index in [2.05, 4.69) is 360 Å². The average molecular weight is 1680 g/mol. The number of rotatable bonds is 6. The van der Waals surface area contributed by atoms with Crippen LogP contribution in [0.25, 0.3) is 230 Å². The lowest BCUT2D eigenvalue weighted by Crippen LogP contribution is -2.18. The molecule has 9 heterocycles. The summed E-state index contributed by atoms with van der Waals surface area (Å²) in [6.45, 7) is 0. The second kappa shape index (κ2) is 28.8. The van der Waals surface area contributed by atoms with Crippen molar-refractivity contribution >= 4 is 215 Å². The number of aromatic nitrogens is 6. The van der Waals surface area contributed by atoms with Crippen LogP contribution in [0, 0.1) is 0 Å². The molecule has 0 saturated carbocycles. The zero-order valence-corrected chi connectivity index (χ0v) is 70.6. The standard InChI is InChI=1S/3C40H23N3O/c1-2-13-26-24(10-1)22-23-33-37(26)29-16-7-11-25-12-8-19-32(36(25)29)43(33)40-41-31-18-5-3-14-27(31)39(42-40)30-17-9-21-35-38(30)28-15-4-6-20-34(28)44-35;1-2-12-27-24(9-1)20-22-34-38(27)31-15-7-10-25-11-8-17-33(37(25)31)43(34)40-41-32-16-5-3-14-30(32)39(42-40)26-19-21-29-28-13-4-6-18-35(28)44-36(29)23-26;1-2-12-27-24(9-1)19-21-34-38(27)30-15-7-10-25-11-8-17-33(37(25)30)43(34)40-41-32-16-5-3-14-29(32)39(42-40)26-20-22-36-31(23-26)28-13-4-6-18-35(28)44-36/h3*1-23H. The summed E-state index contributed by atoms with van der Waals surface area (Å²) in [4.78, 5) is 38.6. The predicted molar refractivity (Wildman–Crippen MR) is 543 cm³/mol. The van der Waals surface area contributed by atoms with Crippen LogP contribution in [-0.2, 0) is 0 Å². The highest BCUT2D eigenvalue weighted by Gasteiger charge is 2.35. The number of hydrogen-bond acceptors (Lipinski definition) is 12. The molecule has 3 aliphatic rings. The Morgan fingerprint density at radius 1 is 0.167 bits per heavy atom. The Morgan fingerprint density at radius 2 is 0.477 bits per heavy atom. The molecule has 0 fully saturated rings. The molecule has 132 heavy (non-hydrogen) atoms. The van der Waals surface area contributed by atoms with Gasteiger partial charge in [-0.25, -0.2) is 29.9 Å². The lowest BCUT2D eigenvalue weighted by molar-refractivity contribution is 0.668. The van der Waals surface area contributed by atoms with Crippen LogP contribution in [0.1, 0.15) is 0 Å². The fourth-order valence-electron chi connectivity index (χ4n) is 21.2. The van der Waals surface area contributed by atoms with E-state index < -0.39 is 0 Å². The number of fused-ring (bicyclic) bond motifs is 24. The Morgan fingerprint density at radius 3 is 0.947 bits per heavy atom. The molecule has 0 saturated heterocycles. The lowest BCUT2D eigenvalue weighted by atomic mass is 9.88. The van der Waals surface area contributed by atoms with Crippen LogP contribution in [-0.4, -0.2) is 29.9 Å². The van der Waals surface area contributed by atoms with Crippen molar-refractivity contribution in [1.29, 1.82) is 0 Å². The zero-order chi connectivity index (χ0) is 86.3. The van der Waals surface area contributed by atoms with Crippen molar-refractivity contribution in [2.75, 3.05) is 14.7 Å². The number of para-hydroxylation sites is 6. The van der Waals surface area contributed by atoms with Gasteiger partial charge in [0.2, 0.25) is 17.8 Å². The minimum atomic E-state index is 0.641. The van der Waals surface area contributed by atoms with Gasteiger partial charge in [-0.15, -0.1) is 0 Å². The van der Waals surface area contributed by atoms with Gasteiger partial charge in [-0.2, -0.15) is 0 Å². The summed E-state index contributed by atoms with van der Waals surface area (Å²) in [5.74, 6) is 1.93. The fraction of sp³-hybridized carbons (Fsp3) is 0. The summed E-state index contributed by atoms with van der Waals surface area (Å²) in [5.41, 5.74) is 27.4. The summed E-state index contributed by atoms with van der Waals surface area (Å²) in [5, 5.41) is 24.1. The highest BCUT2D eigenvalue weighted by Crippen LogP contribution is 2.58. The second-order valence-electron chi connectivity index (χ2n) is 34.2. The molecule has 30 rings (SSSR count). The van der Waals surface area contributed by atoms with Crippen molar-refractivity contribution in [2.45, 2.75) is 0 Å². The van der Waals surface area contributed by atoms with E-state index in [1.165, 1.54) is 98.0 Å². The third kappa shape index (κ3) is 11.1. The minimum absolute atomic E-state index is 0.641. The molecule has 6 aromatic heterocycles. The third-order valence-corrected chi connectivity index (χ3v) is 27.0. The van der Waals surface area contributed by atoms with Gasteiger partial charge in [0.15, 0.2) is 0 Å². The van der Waals surface area contributed by atoms with Gasteiger partial charge in [-0.05, 0) is 174 Å². The Bertz CT molecular complexity index is 9630. The first-order valence-corrected chi connectivity index (χ1v) is 44.5. The Hall–Kier alpha value is -18.0. The second-order valence-corrected chi connectivity index (χ2v) is 34.2. The maximum atomic E-state index is 6.28. The fourth-order valence-corrected chi connectivity index (χ4v) is 21.2. The number of nitrogens with zero attached hydrogens (tertiary/aromatic N) is 9. The molecule has 12 nitrogen and oxygen atoms in total. The quantitative estimate of drug-likeness (QED) is 0.157. The molecule has 0 unspecified atom stereocenters. The van der Waals surface area contributed by atoms with E-state index >= 15 is 0 Å². The van der Waals surface area contributed by atoms with E-state index in [0.29, 0.717) is 17.8 Å². The van der Waals surface area contributed by atoms with Gasteiger partial charge >= 0.3 is 0 Å². The molecule has 0 bridgehead atoms. The highest BCUT2D eigenvalue weighted by atomic mass is 16.3. The van der Waals surface area contributed by atoms with Gasteiger partial charge in [0, 0.05) is 98.0 Å². The molecule has 612 valence electrons. The zero-order valence-electron chi connectivity index (χ0n) is 70.6. The van der Waals surface area contributed by atoms with Gasteiger partial charge in [-0.1, -0.05) is 309 Å². The molecular weight excluding hydrogens is 1620 g/mol. The van der Waals surface area contributed by atoms with Crippen LogP contribution in [0.3, 0.4) is 0 Å². The molecule has 0 spiro atoms. The third-order valence-electron chi connectivity index (χ3n) is 27.0. The van der Waals surface area contributed by atoms with E-state index in [1.807, 2.05) is 72.8 Å². The smallest absolute Gasteiger partial charge is 0.235 e. The molecule has 0 amide bonds. The van der Waals surface area contributed by atoms with E-state index in [9.17, 15) is 0 Å². The summed E-state index contributed by atoms with van der Waals surface area (Å²) < 4.78 is 18.7. The molecule has 0 radical (unpaired) electrons. The number of hydrogen-bond donors (Lipinski definition) is 0. The SMILES string of the molecule is c1ccc2c3c(ccc2c1)N(c1nc(-c2ccc4c(c2)oc2ccccc24)c2ccccc2n1)c1cccc2cccc-3c12.c1ccc2c3c(ccc2c1)N(c1nc(-c2ccc4oc5ccccc5c4c2)c2ccccc2n1)c1cccc2cccc-3c12.c1ccc2c3c(ccc2c1)N(c1nc(-c2cccc4oc5ccccc5c24)c2ccccc2n1)c1cccc2cccc-3c12. The maximum Gasteiger partial charge on any atom is 0.235 e. The van der Waals surface area contributed by atoms with Gasteiger partial charge in [-0.3, -0.25) is 14.7 Å². The molecule has 0 N–H and O–H groups in total. The predicted octanol–water partition coefficient (Wildman–Crippen LogP) is 32.9. The Labute approximate surface area is 753 Å². The van der Waals surface area contributed by atoms with Crippen LogP contribution < -0.4 is 14.7 Å². The molecule has 0 atom stereocenters. The van der Waals surface area contributed by atoms with Gasteiger partial charge < -0.3 is 13.3 Å². The largest absolute Gasteiger partial charge is 0.456 e. The molecule has 3 aliphatic heterocycles. The van der Waals surface area contributed by atoms with Gasteiger partial charge in [0.1, 0.15) is 33.5 Å². The molecule has 21 aromatic carbocycles. The van der Waals surface area contributed by atoms with Crippen molar-refractivity contribution in [1.82, 2.24) is 29.9 Å². The molecular formula is C120H69N9O3. The van der Waals surface area contributed by atoms with Gasteiger partial charge in [0.05, 0.1) is 67.8 Å². The van der Waals surface area contributed by atoms with Crippen LogP contribution in [0.4, 0.5) is 52.0 Å². The number of benzene rings is 21. The Kier molecular flexibility index (Phi) is 16.0. The topological polar surface area (TPSA) is 126 Å². The van der Waals surface area contributed by atoms with Crippen LogP contribution >= 0.6 is 0 Å². The van der Waals surface area contributed by atoms with Gasteiger partial charge in [0.25, 0.3) is 0 Å². The van der Waals surface area contributed by atoms with E-state index in [-0.39, 0.29) is 0 Å². The van der Waals surface area contributed by atoms with Crippen molar-refractivity contribution in [3.63, 3.8) is 0 Å². The summed E-state index contributed by atoms with van der Waals surface area (Å²) in [6.07, 6.45) is 0. The number of furan rings is 3. The van der Waals surface area contributed by atoms with Crippen molar-refractivity contribution in [3.05, 3.63) is 419 Å². The van der Waals surface area contributed by atoms with E-state index in [4.69, 9.17) is 43.2 Å². The maximum absolute atomic E-state index is 6.28. The summed E-state index contributed by atoms with van der Waals surface area (Å²) in [7, 11) is 0. The summed E-state index contributed by atoms with van der Waals surface area (Å²) >= 11 is 0. The van der Waals surface area contributed by atoms with Crippen molar-refractivity contribution < 1.29 is 13.3 Å². The van der Waals surface area contributed by atoms with Crippen LogP contribution in [0.5, 0.6) is 0 Å². The Balaban J connectivity index is 0.0000000991. The van der Waals surface area contributed by atoms with Crippen LogP contribution in [0.2, 0.25) is 0 Å². The molecule has 27 aromatic rings. The summed E-state index contributed by atoms with van der Waals surface area (Å²) in [6, 6.07) is 147. The van der Waals surface area contributed by atoms with Crippen molar-refractivity contribution in [2.24, 2.45) is 0 Å². The first-order valence-electron chi connectivity index (χ1n) is 44.5. The molecule has 0 aliphatic carbocycles.